The van der Waals surface area contributed by atoms with Gasteiger partial charge in [0.1, 0.15) is 6.54 Å². The first kappa shape index (κ1) is 13.6. The van der Waals surface area contributed by atoms with Gasteiger partial charge >= 0.3 is 0 Å². The van der Waals surface area contributed by atoms with Crippen LogP contribution in [0.25, 0.3) is 0 Å². The van der Waals surface area contributed by atoms with Gasteiger partial charge in [-0.15, -0.1) is 0 Å². The fourth-order valence-electron chi connectivity index (χ4n) is 3.89. The third kappa shape index (κ3) is 2.04. The number of aromatic nitrogens is 2. The van der Waals surface area contributed by atoms with E-state index in [9.17, 15) is 4.79 Å². The van der Waals surface area contributed by atoms with Crippen molar-refractivity contribution in [2.24, 2.45) is 11.8 Å². The molecule has 1 N–H and O–H groups in total. The lowest BCUT2D eigenvalue weighted by Gasteiger charge is -2.35. The van der Waals surface area contributed by atoms with Crippen molar-refractivity contribution >= 4 is 5.91 Å². The van der Waals surface area contributed by atoms with E-state index < -0.39 is 0 Å². The average molecular weight is 276 g/mol. The Morgan fingerprint density at radius 1 is 1.45 bits per heavy atom. The van der Waals surface area contributed by atoms with E-state index in [1.165, 1.54) is 0 Å². The van der Waals surface area contributed by atoms with Gasteiger partial charge in [-0.1, -0.05) is 0 Å². The minimum atomic E-state index is -0.0542. The second-order valence-corrected chi connectivity index (χ2v) is 6.77. The molecule has 1 aromatic rings. The van der Waals surface area contributed by atoms with Crippen LogP contribution in [0.2, 0.25) is 0 Å². The summed E-state index contributed by atoms with van der Waals surface area (Å²) in [5.74, 6) is 1.37. The Morgan fingerprint density at radius 2 is 2.20 bits per heavy atom. The number of nitrogens with one attached hydrogen (secondary N) is 1. The highest BCUT2D eigenvalue weighted by molar-refractivity contribution is 5.77. The second-order valence-electron chi connectivity index (χ2n) is 6.77. The highest BCUT2D eigenvalue weighted by atomic mass is 16.2. The Labute approximate surface area is 120 Å². The van der Waals surface area contributed by atoms with Crippen LogP contribution in [-0.4, -0.2) is 45.8 Å². The maximum Gasteiger partial charge on any atom is 0.244 e. The molecule has 1 aromatic heterocycles. The molecule has 2 aliphatic rings. The number of carbonyl (C=O) groups is 1. The monoisotopic (exact) mass is 276 g/mol. The van der Waals surface area contributed by atoms with Crippen molar-refractivity contribution in [3.63, 3.8) is 0 Å². The SMILES string of the molecule is Cc1cc(C)n(CC(=O)N2CC3CNCC3C2(C)C)n1. The van der Waals surface area contributed by atoms with Crippen LogP contribution in [0.5, 0.6) is 0 Å². The molecule has 2 aliphatic heterocycles. The number of carbonyl (C=O) groups excluding carboxylic acids is 1. The van der Waals surface area contributed by atoms with Crippen molar-refractivity contribution in [2.75, 3.05) is 19.6 Å². The van der Waals surface area contributed by atoms with Crippen LogP contribution in [0.15, 0.2) is 6.07 Å². The molecule has 20 heavy (non-hydrogen) atoms. The second kappa shape index (κ2) is 4.58. The summed E-state index contributed by atoms with van der Waals surface area (Å²) in [4.78, 5) is 14.7. The molecular formula is C15H24N4O. The van der Waals surface area contributed by atoms with Gasteiger partial charge in [0, 0.05) is 30.9 Å². The fraction of sp³-hybridized carbons (Fsp3) is 0.733. The van der Waals surface area contributed by atoms with E-state index in [4.69, 9.17) is 0 Å². The summed E-state index contributed by atoms with van der Waals surface area (Å²) < 4.78 is 1.82. The summed E-state index contributed by atoms with van der Waals surface area (Å²) in [7, 11) is 0. The maximum atomic E-state index is 12.7. The van der Waals surface area contributed by atoms with Crippen LogP contribution < -0.4 is 5.32 Å². The van der Waals surface area contributed by atoms with Crippen LogP contribution >= 0.6 is 0 Å². The Bertz CT molecular complexity index is 534. The number of aryl methyl sites for hydroxylation is 2. The summed E-state index contributed by atoms with van der Waals surface area (Å²) in [5.41, 5.74) is 1.97. The topological polar surface area (TPSA) is 50.2 Å². The van der Waals surface area contributed by atoms with Crippen molar-refractivity contribution in [1.29, 1.82) is 0 Å². The Balaban J connectivity index is 1.76. The Morgan fingerprint density at radius 3 is 2.80 bits per heavy atom. The van der Waals surface area contributed by atoms with E-state index >= 15 is 0 Å². The van der Waals surface area contributed by atoms with Gasteiger partial charge in [-0.05, 0) is 45.6 Å². The van der Waals surface area contributed by atoms with Gasteiger partial charge in [0.15, 0.2) is 0 Å². The van der Waals surface area contributed by atoms with Crippen molar-refractivity contribution in [2.45, 2.75) is 39.8 Å². The van der Waals surface area contributed by atoms with Crippen molar-refractivity contribution in [3.8, 4) is 0 Å². The van der Waals surface area contributed by atoms with Crippen molar-refractivity contribution < 1.29 is 4.79 Å². The average Bonchev–Trinajstić information content (AvgIpc) is 2.98. The summed E-state index contributed by atoms with van der Waals surface area (Å²) >= 11 is 0. The lowest BCUT2D eigenvalue weighted by atomic mass is 9.85. The molecule has 110 valence electrons. The lowest BCUT2D eigenvalue weighted by Crippen LogP contribution is -2.48. The van der Waals surface area contributed by atoms with Gasteiger partial charge in [0.2, 0.25) is 5.91 Å². The van der Waals surface area contributed by atoms with E-state index in [0.29, 0.717) is 18.4 Å². The van der Waals surface area contributed by atoms with Gasteiger partial charge in [-0.3, -0.25) is 9.48 Å². The molecule has 0 aromatic carbocycles. The molecule has 0 saturated carbocycles. The van der Waals surface area contributed by atoms with E-state index in [2.05, 4.69) is 29.2 Å². The van der Waals surface area contributed by atoms with E-state index in [-0.39, 0.29) is 11.4 Å². The summed E-state index contributed by atoms with van der Waals surface area (Å²) in [6, 6.07) is 2.01. The summed E-state index contributed by atoms with van der Waals surface area (Å²) in [6.45, 7) is 11.7. The lowest BCUT2D eigenvalue weighted by molar-refractivity contribution is -0.136. The molecule has 5 nitrogen and oxygen atoms in total. The van der Waals surface area contributed by atoms with E-state index in [1.807, 2.05) is 24.6 Å². The summed E-state index contributed by atoms with van der Waals surface area (Å²) in [6.07, 6.45) is 0. The van der Waals surface area contributed by atoms with Crippen molar-refractivity contribution in [3.05, 3.63) is 17.5 Å². The van der Waals surface area contributed by atoms with Crippen LogP contribution in [0.3, 0.4) is 0 Å². The number of rotatable bonds is 2. The normalized spacial score (nSPS) is 27.9. The number of hydrogen-bond acceptors (Lipinski definition) is 3. The van der Waals surface area contributed by atoms with E-state index in [0.717, 1.165) is 31.0 Å². The highest BCUT2D eigenvalue weighted by Crippen LogP contribution is 2.40. The van der Waals surface area contributed by atoms with Gasteiger partial charge < -0.3 is 10.2 Å². The molecule has 1 amide bonds. The van der Waals surface area contributed by atoms with Gasteiger partial charge in [0.05, 0.1) is 5.69 Å². The highest BCUT2D eigenvalue weighted by Gasteiger charge is 2.51. The van der Waals surface area contributed by atoms with Gasteiger partial charge in [0.25, 0.3) is 0 Å². The van der Waals surface area contributed by atoms with Crippen LogP contribution in [0.1, 0.15) is 25.2 Å². The molecular weight excluding hydrogens is 252 g/mol. The minimum absolute atomic E-state index is 0.0542. The first-order valence-electron chi connectivity index (χ1n) is 7.42. The van der Waals surface area contributed by atoms with Crippen LogP contribution in [0.4, 0.5) is 0 Å². The molecule has 0 aliphatic carbocycles. The number of amides is 1. The number of hydrogen-bond donors (Lipinski definition) is 1. The Kier molecular flexibility index (Phi) is 3.12. The standard InChI is InChI=1S/C15H24N4O/c1-10-5-11(2)19(17-10)9-14(20)18-8-12-6-16-7-13(12)15(18,3)4/h5,12-13,16H,6-9H2,1-4H3. The fourth-order valence-corrected chi connectivity index (χ4v) is 3.89. The maximum absolute atomic E-state index is 12.7. The number of fused-ring (bicyclic) bond motifs is 1. The van der Waals surface area contributed by atoms with Crippen LogP contribution in [0, 0.1) is 25.7 Å². The van der Waals surface area contributed by atoms with Crippen LogP contribution in [-0.2, 0) is 11.3 Å². The first-order valence-corrected chi connectivity index (χ1v) is 7.42. The van der Waals surface area contributed by atoms with Gasteiger partial charge in [-0.25, -0.2) is 0 Å². The molecule has 2 fully saturated rings. The quantitative estimate of drug-likeness (QED) is 0.875. The molecule has 3 rings (SSSR count). The smallest absolute Gasteiger partial charge is 0.244 e. The predicted molar refractivity (Wildman–Crippen MR) is 77.3 cm³/mol. The predicted octanol–water partition coefficient (Wildman–Crippen LogP) is 0.956. The molecule has 0 spiro atoms. The molecule has 3 heterocycles. The zero-order chi connectivity index (χ0) is 14.5. The molecule has 2 saturated heterocycles. The summed E-state index contributed by atoms with van der Waals surface area (Å²) in [5, 5.41) is 7.84. The molecule has 2 unspecified atom stereocenters. The largest absolute Gasteiger partial charge is 0.335 e. The molecule has 0 radical (unpaired) electrons. The first-order chi connectivity index (χ1) is 9.39. The zero-order valence-corrected chi connectivity index (χ0v) is 12.8. The van der Waals surface area contributed by atoms with Crippen molar-refractivity contribution in [1.82, 2.24) is 20.0 Å². The zero-order valence-electron chi connectivity index (χ0n) is 12.8. The third-order valence-electron chi connectivity index (χ3n) is 5.05. The number of nitrogens with zero attached hydrogens (tertiary/aromatic N) is 3. The third-order valence-corrected chi connectivity index (χ3v) is 5.05. The van der Waals surface area contributed by atoms with E-state index in [1.54, 1.807) is 0 Å². The minimum Gasteiger partial charge on any atom is -0.335 e. The van der Waals surface area contributed by atoms with Gasteiger partial charge in [-0.2, -0.15) is 5.10 Å². The molecule has 5 heteroatoms. The number of likely N-dealkylation sites (tertiary alicyclic amines) is 1. The molecule has 2 atom stereocenters. The molecule has 0 bridgehead atoms. The Hall–Kier alpha value is -1.36.